The van der Waals surface area contributed by atoms with Gasteiger partial charge in [0.05, 0.1) is 5.54 Å². The molecule has 3 heterocycles. The molecule has 1 aromatic heterocycles. The van der Waals surface area contributed by atoms with Crippen LogP contribution in [-0.2, 0) is 5.54 Å². The molecule has 0 aromatic carbocycles. The normalized spacial score (nSPS) is 27.9. The summed E-state index contributed by atoms with van der Waals surface area (Å²) in [6.45, 7) is 10.5. The Hall–Kier alpha value is -1.36. The van der Waals surface area contributed by atoms with Crippen molar-refractivity contribution in [3.63, 3.8) is 0 Å². The highest BCUT2D eigenvalue weighted by atomic mass is 16.2. The molecular formula is C19H30N4O. The molecule has 24 heavy (non-hydrogen) atoms. The third-order valence-corrected chi connectivity index (χ3v) is 5.89. The van der Waals surface area contributed by atoms with E-state index in [0.717, 1.165) is 50.9 Å². The van der Waals surface area contributed by atoms with Crippen LogP contribution >= 0.6 is 0 Å². The van der Waals surface area contributed by atoms with Gasteiger partial charge in [0.25, 0.3) is 5.91 Å². The van der Waals surface area contributed by atoms with Gasteiger partial charge >= 0.3 is 0 Å². The number of hydrogen-bond donors (Lipinski definition) is 1. The standard InChI is InChI=1S/C19H30N4O/c1-19(2,3)23-17(13-4-5-13)10-16(21-23)18(24)22-8-6-14-11-20-12-15(14)7-9-22/h10,13-15,20H,4-9,11-12H2,1-3H3/t14-,15+. The summed E-state index contributed by atoms with van der Waals surface area (Å²) in [7, 11) is 0. The highest BCUT2D eigenvalue weighted by Gasteiger charge is 2.35. The fourth-order valence-corrected chi connectivity index (χ4v) is 4.29. The van der Waals surface area contributed by atoms with Crippen LogP contribution in [-0.4, -0.2) is 46.8 Å². The summed E-state index contributed by atoms with van der Waals surface area (Å²) in [4.78, 5) is 15.1. The summed E-state index contributed by atoms with van der Waals surface area (Å²) in [5.41, 5.74) is 1.83. The van der Waals surface area contributed by atoms with Crippen molar-refractivity contribution in [1.82, 2.24) is 20.0 Å². The SMILES string of the molecule is CC(C)(C)n1nc(C(=O)N2CC[C@@H]3CNC[C@@H]3CC2)cc1C1CC1. The van der Waals surface area contributed by atoms with Gasteiger partial charge < -0.3 is 10.2 Å². The second-order valence-corrected chi connectivity index (χ2v) is 8.86. The van der Waals surface area contributed by atoms with E-state index in [1.807, 2.05) is 4.90 Å². The topological polar surface area (TPSA) is 50.2 Å². The van der Waals surface area contributed by atoms with Crippen LogP contribution in [0.5, 0.6) is 0 Å². The van der Waals surface area contributed by atoms with E-state index in [2.05, 4.69) is 36.8 Å². The van der Waals surface area contributed by atoms with Crippen LogP contribution in [0.3, 0.4) is 0 Å². The van der Waals surface area contributed by atoms with Gasteiger partial charge in [-0.1, -0.05) is 0 Å². The van der Waals surface area contributed by atoms with Crippen molar-refractivity contribution in [2.75, 3.05) is 26.2 Å². The van der Waals surface area contributed by atoms with Crippen LogP contribution < -0.4 is 5.32 Å². The molecule has 0 unspecified atom stereocenters. The van der Waals surface area contributed by atoms with Gasteiger partial charge in [-0.2, -0.15) is 5.10 Å². The molecule has 5 heteroatoms. The van der Waals surface area contributed by atoms with Crippen molar-refractivity contribution < 1.29 is 4.79 Å². The van der Waals surface area contributed by atoms with Gasteiger partial charge in [0.1, 0.15) is 0 Å². The van der Waals surface area contributed by atoms with Gasteiger partial charge in [-0.25, -0.2) is 0 Å². The first kappa shape index (κ1) is 16.1. The number of nitrogens with one attached hydrogen (secondary N) is 1. The molecule has 1 aromatic rings. The maximum Gasteiger partial charge on any atom is 0.274 e. The Kier molecular flexibility index (Phi) is 3.94. The lowest BCUT2D eigenvalue weighted by Crippen LogP contribution is -2.33. The zero-order valence-corrected chi connectivity index (χ0v) is 15.2. The summed E-state index contributed by atoms with van der Waals surface area (Å²) in [6.07, 6.45) is 4.71. The molecule has 0 radical (unpaired) electrons. The predicted molar refractivity (Wildman–Crippen MR) is 94.2 cm³/mol. The smallest absolute Gasteiger partial charge is 0.274 e. The van der Waals surface area contributed by atoms with E-state index in [1.54, 1.807) is 0 Å². The van der Waals surface area contributed by atoms with Crippen LogP contribution in [0.2, 0.25) is 0 Å². The van der Waals surface area contributed by atoms with Gasteiger partial charge in [-0.15, -0.1) is 0 Å². The quantitative estimate of drug-likeness (QED) is 0.907. The molecule has 2 aliphatic heterocycles. The number of amides is 1. The number of carbonyl (C=O) groups excluding carboxylic acids is 1. The largest absolute Gasteiger partial charge is 0.337 e. The summed E-state index contributed by atoms with van der Waals surface area (Å²) < 4.78 is 2.09. The highest BCUT2D eigenvalue weighted by Crippen LogP contribution is 2.42. The number of carbonyl (C=O) groups is 1. The molecule has 3 aliphatic rings. The van der Waals surface area contributed by atoms with Gasteiger partial charge in [-0.05, 0) is 77.4 Å². The fraction of sp³-hybridized carbons (Fsp3) is 0.789. The Balaban J connectivity index is 1.54. The van der Waals surface area contributed by atoms with E-state index in [-0.39, 0.29) is 11.4 Å². The second kappa shape index (κ2) is 5.87. The molecule has 1 N–H and O–H groups in total. The summed E-state index contributed by atoms with van der Waals surface area (Å²) in [5.74, 6) is 2.23. The summed E-state index contributed by atoms with van der Waals surface area (Å²) in [6, 6.07) is 2.07. The van der Waals surface area contributed by atoms with E-state index in [1.165, 1.54) is 18.5 Å². The zero-order valence-electron chi connectivity index (χ0n) is 15.2. The second-order valence-electron chi connectivity index (χ2n) is 8.86. The van der Waals surface area contributed by atoms with Crippen LogP contribution in [0.15, 0.2) is 6.07 Å². The number of aromatic nitrogens is 2. The lowest BCUT2D eigenvalue weighted by atomic mass is 9.92. The molecular weight excluding hydrogens is 300 g/mol. The monoisotopic (exact) mass is 330 g/mol. The molecule has 1 aliphatic carbocycles. The van der Waals surface area contributed by atoms with Crippen molar-refractivity contribution in [3.05, 3.63) is 17.5 Å². The minimum absolute atomic E-state index is 0.0715. The average Bonchev–Trinajstić information content (AvgIpc) is 3.17. The van der Waals surface area contributed by atoms with E-state index in [0.29, 0.717) is 11.6 Å². The summed E-state index contributed by atoms with van der Waals surface area (Å²) >= 11 is 0. The molecule has 0 bridgehead atoms. The van der Waals surface area contributed by atoms with Crippen molar-refractivity contribution in [2.45, 2.75) is 57.9 Å². The van der Waals surface area contributed by atoms with Gasteiger partial charge in [0.2, 0.25) is 0 Å². The van der Waals surface area contributed by atoms with Gasteiger partial charge in [0, 0.05) is 24.7 Å². The molecule has 3 fully saturated rings. The molecule has 1 amide bonds. The molecule has 0 spiro atoms. The minimum atomic E-state index is -0.0715. The molecule has 2 atom stereocenters. The Morgan fingerprint density at radius 2 is 1.75 bits per heavy atom. The predicted octanol–water partition coefficient (Wildman–Crippen LogP) is 2.59. The number of hydrogen-bond acceptors (Lipinski definition) is 3. The first-order chi connectivity index (χ1) is 11.4. The maximum absolute atomic E-state index is 13.0. The molecule has 1 saturated carbocycles. The first-order valence-electron chi connectivity index (χ1n) is 9.54. The van der Waals surface area contributed by atoms with E-state index in [9.17, 15) is 4.79 Å². The van der Waals surface area contributed by atoms with E-state index in [4.69, 9.17) is 5.10 Å². The number of fused-ring (bicyclic) bond motifs is 1. The van der Waals surface area contributed by atoms with Crippen molar-refractivity contribution >= 4 is 5.91 Å². The molecule has 5 nitrogen and oxygen atoms in total. The van der Waals surface area contributed by atoms with Gasteiger partial charge in [0.15, 0.2) is 5.69 Å². The Morgan fingerprint density at radius 3 is 2.29 bits per heavy atom. The number of nitrogens with zero attached hydrogens (tertiary/aromatic N) is 3. The van der Waals surface area contributed by atoms with Crippen LogP contribution in [0.25, 0.3) is 0 Å². The zero-order chi connectivity index (χ0) is 16.9. The lowest BCUT2D eigenvalue weighted by molar-refractivity contribution is 0.0751. The van der Waals surface area contributed by atoms with E-state index >= 15 is 0 Å². The Bertz CT molecular complexity index is 612. The van der Waals surface area contributed by atoms with Crippen molar-refractivity contribution in [1.29, 1.82) is 0 Å². The van der Waals surface area contributed by atoms with Crippen LogP contribution in [0.1, 0.15) is 68.6 Å². The molecule has 132 valence electrons. The molecule has 2 saturated heterocycles. The molecule has 4 rings (SSSR count). The van der Waals surface area contributed by atoms with Crippen LogP contribution in [0.4, 0.5) is 0 Å². The summed E-state index contributed by atoms with van der Waals surface area (Å²) in [5, 5.41) is 8.23. The third kappa shape index (κ3) is 2.99. The lowest BCUT2D eigenvalue weighted by Gasteiger charge is -2.23. The first-order valence-corrected chi connectivity index (χ1v) is 9.54. The maximum atomic E-state index is 13.0. The van der Waals surface area contributed by atoms with Crippen molar-refractivity contribution in [3.8, 4) is 0 Å². The van der Waals surface area contributed by atoms with Gasteiger partial charge in [-0.3, -0.25) is 9.48 Å². The fourth-order valence-electron chi connectivity index (χ4n) is 4.29. The van der Waals surface area contributed by atoms with Crippen LogP contribution in [0, 0.1) is 11.8 Å². The highest BCUT2D eigenvalue weighted by molar-refractivity contribution is 5.92. The van der Waals surface area contributed by atoms with Crippen molar-refractivity contribution in [2.24, 2.45) is 11.8 Å². The Labute approximate surface area is 144 Å². The Morgan fingerprint density at radius 1 is 1.12 bits per heavy atom. The third-order valence-electron chi connectivity index (χ3n) is 5.89. The van der Waals surface area contributed by atoms with E-state index < -0.39 is 0 Å². The minimum Gasteiger partial charge on any atom is -0.337 e. The number of rotatable bonds is 2. The average molecular weight is 330 g/mol. The number of likely N-dealkylation sites (tertiary alicyclic amines) is 1.